The van der Waals surface area contributed by atoms with Crippen LogP contribution >= 0.6 is 15.9 Å². The third-order valence-electron chi connectivity index (χ3n) is 1.84. The number of methoxy groups -OCH3 is 2. The molecule has 0 N–H and O–H groups in total. The van der Waals surface area contributed by atoms with E-state index in [-0.39, 0.29) is 0 Å². The molecular weight excluding hydrogens is 232 g/mol. The molecule has 0 aromatic heterocycles. The monoisotopic (exact) mass is 244 g/mol. The van der Waals surface area contributed by atoms with Gasteiger partial charge in [0.15, 0.2) is 0 Å². The van der Waals surface area contributed by atoms with E-state index in [1.807, 2.05) is 12.1 Å². The molecule has 1 rings (SSSR count). The minimum absolute atomic E-state index is 0.728. The van der Waals surface area contributed by atoms with Crippen LogP contribution in [0.1, 0.15) is 5.56 Å². The van der Waals surface area contributed by atoms with Crippen LogP contribution in [-0.4, -0.2) is 20.8 Å². The average Bonchev–Trinajstić information content (AvgIpc) is 2.16. The number of hydrogen-bond donors (Lipinski definition) is 0. The molecule has 0 atom stereocenters. The quantitative estimate of drug-likeness (QED) is 0.811. The molecule has 0 heterocycles. The summed E-state index contributed by atoms with van der Waals surface area (Å²) in [4.78, 5) is 0. The van der Waals surface area contributed by atoms with Crippen molar-refractivity contribution in [2.75, 3.05) is 20.8 Å². The summed E-state index contributed by atoms with van der Waals surface area (Å²) in [5.41, 5.74) is 1.21. The molecule has 72 valence electrons. The molecule has 0 aliphatic heterocycles. The highest BCUT2D eigenvalue weighted by molar-refractivity contribution is 9.10. The molecule has 0 aliphatic rings. The van der Waals surface area contributed by atoms with Crippen molar-refractivity contribution in [1.29, 1.82) is 0 Å². The van der Waals surface area contributed by atoms with Crippen molar-refractivity contribution in [2.24, 2.45) is 0 Å². The number of rotatable bonds is 4. The molecule has 13 heavy (non-hydrogen) atoms. The van der Waals surface area contributed by atoms with E-state index >= 15 is 0 Å². The molecular formula is C10H13BrO2. The molecule has 0 spiro atoms. The van der Waals surface area contributed by atoms with E-state index < -0.39 is 0 Å². The highest BCUT2D eigenvalue weighted by atomic mass is 79.9. The lowest BCUT2D eigenvalue weighted by Gasteiger charge is -2.07. The van der Waals surface area contributed by atoms with Crippen LogP contribution in [0.5, 0.6) is 5.75 Å². The fraction of sp³-hybridized carbons (Fsp3) is 0.400. The van der Waals surface area contributed by atoms with Gasteiger partial charge in [-0.1, -0.05) is 12.1 Å². The molecule has 0 radical (unpaired) electrons. The van der Waals surface area contributed by atoms with Crippen LogP contribution in [0.4, 0.5) is 0 Å². The molecule has 0 saturated carbocycles. The fourth-order valence-electron chi connectivity index (χ4n) is 1.12. The second-order valence-electron chi connectivity index (χ2n) is 2.68. The molecule has 1 aromatic rings. The van der Waals surface area contributed by atoms with Crippen LogP contribution in [-0.2, 0) is 11.2 Å². The Hall–Kier alpha value is -0.540. The standard InChI is InChI=1S/C10H13BrO2/c1-12-7-6-8-4-3-5-9(13-2)10(8)11/h3-5H,6-7H2,1-2H3. The highest BCUT2D eigenvalue weighted by Crippen LogP contribution is 2.28. The fourth-order valence-corrected chi connectivity index (χ4v) is 1.74. The molecule has 1 aromatic carbocycles. The maximum atomic E-state index is 5.18. The predicted molar refractivity (Wildman–Crippen MR) is 56.3 cm³/mol. The van der Waals surface area contributed by atoms with Gasteiger partial charge in [0.1, 0.15) is 5.75 Å². The van der Waals surface area contributed by atoms with Crippen LogP contribution in [0.2, 0.25) is 0 Å². The Morgan fingerprint density at radius 3 is 2.69 bits per heavy atom. The van der Waals surface area contributed by atoms with Gasteiger partial charge < -0.3 is 9.47 Å². The minimum Gasteiger partial charge on any atom is -0.496 e. The van der Waals surface area contributed by atoms with Gasteiger partial charge in [-0.25, -0.2) is 0 Å². The van der Waals surface area contributed by atoms with E-state index in [0.717, 1.165) is 23.2 Å². The second kappa shape index (κ2) is 5.25. The van der Waals surface area contributed by atoms with Crippen LogP contribution in [0, 0.1) is 0 Å². The zero-order chi connectivity index (χ0) is 9.68. The van der Waals surface area contributed by atoms with Crippen LogP contribution in [0.3, 0.4) is 0 Å². The first-order chi connectivity index (χ1) is 6.29. The number of hydrogen-bond acceptors (Lipinski definition) is 2. The van der Waals surface area contributed by atoms with Gasteiger partial charge in [0.25, 0.3) is 0 Å². The first-order valence-electron chi connectivity index (χ1n) is 4.10. The van der Waals surface area contributed by atoms with Gasteiger partial charge in [-0.05, 0) is 34.0 Å². The first kappa shape index (κ1) is 10.5. The van der Waals surface area contributed by atoms with E-state index in [1.54, 1.807) is 14.2 Å². The summed E-state index contributed by atoms with van der Waals surface area (Å²) in [6.07, 6.45) is 0.897. The SMILES string of the molecule is COCCc1cccc(OC)c1Br. The lowest BCUT2D eigenvalue weighted by atomic mass is 10.1. The largest absolute Gasteiger partial charge is 0.496 e. The third-order valence-corrected chi connectivity index (χ3v) is 2.74. The van der Waals surface area contributed by atoms with E-state index in [9.17, 15) is 0 Å². The Kier molecular flexibility index (Phi) is 4.25. The molecule has 0 fully saturated rings. The topological polar surface area (TPSA) is 18.5 Å². The van der Waals surface area contributed by atoms with Crippen molar-refractivity contribution < 1.29 is 9.47 Å². The molecule has 3 heteroatoms. The zero-order valence-corrected chi connectivity index (χ0v) is 9.43. The molecule has 0 bridgehead atoms. The summed E-state index contributed by atoms with van der Waals surface area (Å²) in [7, 11) is 3.37. The average molecular weight is 245 g/mol. The van der Waals surface area contributed by atoms with Crippen molar-refractivity contribution in [3.8, 4) is 5.75 Å². The molecule has 0 unspecified atom stereocenters. The van der Waals surface area contributed by atoms with Crippen molar-refractivity contribution in [2.45, 2.75) is 6.42 Å². The summed E-state index contributed by atoms with van der Waals surface area (Å²) in [5.74, 6) is 0.869. The minimum atomic E-state index is 0.728. The van der Waals surface area contributed by atoms with Gasteiger partial charge in [0, 0.05) is 7.11 Å². The van der Waals surface area contributed by atoms with Gasteiger partial charge >= 0.3 is 0 Å². The van der Waals surface area contributed by atoms with Crippen LogP contribution < -0.4 is 4.74 Å². The lowest BCUT2D eigenvalue weighted by Crippen LogP contribution is -1.96. The smallest absolute Gasteiger partial charge is 0.133 e. The van der Waals surface area contributed by atoms with Gasteiger partial charge in [-0.3, -0.25) is 0 Å². The summed E-state index contributed by atoms with van der Waals surface area (Å²) < 4.78 is 11.2. The molecule has 0 amide bonds. The Morgan fingerprint density at radius 2 is 2.08 bits per heavy atom. The summed E-state index contributed by atoms with van der Waals surface area (Å²) in [6, 6.07) is 5.97. The number of halogens is 1. The van der Waals surface area contributed by atoms with Crippen LogP contribution in [0.15, 0.2) is 22.7 Å². The Bertz CT molecular complexity index is 274. The Morgan fingerprint density at radius 1 is 1.31 bits per heavy atom. The summed E-state index contributed by atoms with van der Waals surface area (Å²) >= 11 is 3.49. The number of ether oxygens (including phenoxy) is 2. The summed E-state index contributed by atoms with van der Waals surface area (Å²) in [5, 5.41) is 0. The lowest BCUT2D eigenvalue weighted by molar-refractivity contribution is 0.202. The van der Waals surface area contributed by atoms with E-state index in [0.29, 0.717) is 0 Å². The van der Waals surface area contributed by atoms with Crippen LogP contribution in [0.25, 0.3) is 0 Å². The molecule has 0 aliphatic carbocycles. The second-order valence-corrected chi connectivity index (χ2v) is 3.47. The van der Waals surface area contributed by atoms with Crippen molar-refractivity contribution in [1.82, 2.24) is 0 Å². The first-order valence-corrected chi connectivity index (χ1v) is 4.89. The number of benzene rings is 1. The van der Waals surface area contributed by atoms with Crippen molar-refractivity contribution >= 4 is 15.9 Å². The summed E-state index contributed by atoms with van der Waals surface area (Å²) in [6.45, 7) is 0.728. The van der Waals surface area contributed by atoms with Crippen molar-refractivity contribution in [3.05, 3.63) is 28.2 Å². The van der Waals surface area contributed by atoms with E-state index in [2.05, 4.69) is 22.0 Å². The van der Waals surface area contributed by atoms with Gasteiger partial charge in [-0.2, -0.15) is 0 Å². The van der Waals surface area contributed by atoms with Gasteiger partial charge in [0.05, 0.1) is 18.2 Å². The van der Waals surface area contributed by atoms with Crippen molar-refractivity contribution in [3.63, 3.8) is 0 Å². The van der Waals surface area contributed by atoms with E-state index in [1.165, 1.54) is 5.56 Å². The zero-order valence-electron chi connectivity index (χ0n) is 7.84. The maximum absolute atomic E-state index is 5.18. The highest BCUT2D eigenvalue weighted by Gasteiger charge is 2.04. The van der Waals surface area contributed by atoms with Gasteiger partial charge in [-0.15, -0.1) is 0 Å². The van der Waals surface area contributed by atoms with E-state index in [4.69, 9.17) is 9.47 Å². The Balaban J connectivity index is 2.81. The predicted octanol–water partition coefficient (Wildman–Crippen LogP) is 2.65. The Labute approximate surface area is 87.0 Å². The normalized spacial score (nSPS) is 10.1. The van der Waals surface area contributed by atoms with Gasteiger partial charge in [0.2, 0.25) is 0 Å². The maximum Gasteiger partial charge on any atom is 0.133 e. The molecule has 2 nitrogen and oxygen atoms in total. The third kappa shape index (κ3) is 2.71. The molecule has 0 saturated heterocycles.